The van der Waals surface area contributed by atoms with Gasteiger partial charge in [0.25, 0.3) is 0 Å². The van der Waals surface area contributed by atoms with E-state index in [2.05, 4.69) is 108 Å². The van der Waals surface area contributed by atoms with Crippen molar-refractivity contribution in [2.45, 2.75) is 111 Å². The van der Waals surface area contributed by atoms with Gasteiger partial charge in [-0.1, -0.05) is 62.4 Å². The Morgan fingerprint density at radius 2 is 1.51 bits per heavy atom. The van der Waals surface area contributed by atoms with Crippen molar-refractivity contribution < 1.29 is 18.8 Å². The van der Waals surface area contributed by atoms with Crippen LogP contribution in [0.1, 0.15) is 98.9 Å². The lowest BCUT2D eigenvalue weighted by atomic mass is 9.77. The summed E-state index contributed by atoms with van der Waals surface area (Å²) >= 11 is 0. The number of carbonyl (C=O) groups is 1. The predicted molar refractivity (Wildman–Crippen MR) is 187 cm³/mol. The molecule has 5 rings (SSSR count). The quantitative estimate of drug-likeness (QED) is 0.262. The molecule has 0 N–H and O–H groups in total. The minimum Gasteiger partial charge on any atom is -0.443 e. The van der Waals surface area contributed by atoms with E-state index in [0.717, 1.165) is 28.8 Å². The predicted octanol–water partition coefficient (Wildman–Crippen LogP) is 8.54. The van der Waals surface area contributed by atoms with Crippen molar-refractivity contribution in [1.29, 1.82) is 0 Å². The van der Waals surface area contributed by atoms with Crippen molar-refractivity contribution >= 4 is 30.0 Å². The average Bonchev–Trinajstić information content (AvgIpc) is 3.14. The maximum atomic E-state index is 13.4. The molecule has 0 aromatic heterocycles. The lowest BCUT2D eigenvalue weighted by Crippen LogP contribution is -2.41. The molecule has 1 saturated heterocycles. The summed E-state index contributed by atoms with van der Waals surface area (Å²) < 4.78 is 18.5. The van der Waals surface area contributed by atoms with Crippen LogP contribution in [0.5, 0.6) is 0 Å². The van der Waals surface area contributed by atoms with Crippen molar-refractivity contribution in [2.75, 3.05) is 16.8 Å². The van der Waals surface area contributed by atoms with Crippen LogP contribution < -0.4 is 15.3 Å². The summed E-state index contributed by atoms with van der Waals surface area (Å²) in [5, 5.41) is 0. The van der Waals surface area contributed by atoms with Crippen LogP contribution in [-0.4, -0.2) is 43.1 Å². The van der Waals surface area contributed by atoms with Crippen molar-refractivity contribution in [2.24, 2.45) is 5.92 Å². The summed E-state index contributed by atoms with van der Waals surface area (Å²) in [7, 11) is 1.75. The molecule has 1 fully saturated rings. The molecule has 2 aliphatic rings. The van der Waals surface area contributed by atoms with E-state index in [0.29, 0.717) is 5.92 Å². The Hall–Kier alpha value is -3.29. The second-order valence-electron chi connectivity index (χ2n) is 15.4. The number of hydrogen-bond acceptors (Lipinski definition) is 5. The molecule has 1 unspecified atom stereocenters. The first-order valence-electron chi connectivity index (χ1n) is 16.4. The zero-order valence-electron chi connectivity index (χ0n) is 29.3. The molecule has 2 aliphatic heterocycles. The smallest absolute Gasteiger partial charge is 0.443 e. The van der Waals surface area contributed by atoms with Gasteiger partial charge in [0.15, 0.2) is 0 Å². The van der Waals surface area contributed by atoms with E-state index in [1.165, 1.54) is 22.3 Å². The fourth-order valence-electron chi connectivity index (χ4n) is 6.36. The highest BCUT2D eigenvalue weighted by atomic mass is 16.7. The third-order valence-electron chi connectivity index (χ3n) is 9.26. The van der Waals surface area contributed by atoms with Gasteiger partial charge in [-0.05, 0) is 115 Å². The van der Waals surface area contributed by atoms with Gasteiger partial charge >= 0.3 is 13.2 Å². The van der Waals surface area contributed by atoms with E-state index in [1.54, 1.807) is 4.90 Å². The highest BCUT2D eigenvalue weighted by molar-refractivity contribution is 6.62. The van der Waals surface area contributed by atoms with E-state index in [-0.39, 0.29) is 18.2 Å². The third-order valence-corrected chi connectivity index (χ3v) is 9.26. The molecular weight excluding hydrogens is 559 g/mol. The lowest BCUT2D eigenvalue weighted by Gasteiger charge is -2.39. The van der Waals surface area contributed by atoms with Crippen LogP contribution in [0, 0.1) is 5.92 Å². The molecule has 3 aromatic rings. The van der Waals surface area contributed by atoms with Gasteiger partial charge in [0, 0.05) is 30.0 Å². The molecular formula is C38H51BN2O4. The van der Waals surface area contributed by atoms with Gasteiger partial charge in [0.1, 0.15) is 5.60 Å². The second-order valence-corrected chi connectivity index (χ2v) is 15.4. The highest BCUT2D eigenvalue weighted by Gasteiger charge is 2.51. The first kappa shape index (κ1) is 33.1. The molecule has 3 aromatic carbocycles. The van der Waals surface area contributed by atoms with Gasteiger partial charge in [-0.3, -0.25) is 4.90 Å². The van der Waals surface area contributed by atoms with Gasteiger partial charge in [-0.2, -0.15) is 0 Å². The largest absolute Gasteiger partial charge is 0.494 e. The first-order chi connectivity index (χ1) is 20.9. The van der Waals surface area contributed by atoms with Crippen molar-refractivity contribution in [1.82, 2.24) is 0 Å². The van der Waals surface area contributed by atoms with Crippen molar-refractivity contribution in [3.05, 3.63) is 77.4 Å². The molecule has 1 amide bonds. The Kier molecular flexibility index (Phi) is 8.69. The number of hydrogen-bond donors (Lipinski definition) is 0. The SMILES string of the molecule is CC(C)Cc1ccc2c(c1)C(c1ccc(B3OC(C)(C)C(C)(C)O3)cc1)N(C)c1cc(N(C(=O)OC(C)(C)C)C(C)C)ccc1-2. The molecule has 7 heteroatoms. The molecule has 0 bridgehead atoms. The summed E-state index contributed by atoms with van der Waals surface area (Å²) in [6.07, 6.45) is 0.680. The van der Waals surface area contributed by atoms with Crippen molar-refractivity contribution in [3.63, 3.8) is 0 Å². The maximum Gasteiger partial charge on any atom is 0.494 e. The minimum absolute atomic E-state index is 0.0174. The zero-order chi connectivity index (χ0) is 33.1. The van der Waals surface area contributed by atoms with E-state index >= 15 is 0 Å². The molecule has 45 heavy (non-hydrogen) atoms. The van der Waals surface area contributed by atoms with Gasteiger partial charge < -0.3 is 18.9 Å². The number of rotatable bonds is 6. The first-order valence-corrected chi connectivity index (χ1v) is 16.4. The standard InChI is InChI=1S/C38H51BN2O4/c1-24(2)21-26-13-19-30-31-20-18-29(41(25(3)4)35(42)43-36(5,6)7)23-33(31)40(12)34(32(30)22-26)27-14-16-28(17-15-27)39-44-37(8,9)38(10,11)45-39/h13-20,22-25,34H,21H2,1-12H3. The molecule has 1 atom stereocenters. The van der Waals surface area contributed by atoms with Gasteiger partial charge in [0.05, 0.1) is 17.2 Å². The lowest BCUT2D eigenvalue weighted by molar-refractivity contribution is 0.00578. The molecule has 0 spiro atoms. The Morgan fingerprint density at radius 1 is 0.911 bits per heavy atom. The van der Waals surface area contributed by atoms with Crippen LogP contribution in [-0.2, 0) is 20.5 Å². The van der Waals surface area contributed by atoms with Crippen LogP contribution in [0.25, 0.3) is 11.1 Å². The van der Waals surface area contributed by atoms with Crippen LogP contribution in [0.15, 0.2) is 60.7 Å². The zero-order valence-corrected chi connectivity index (χ0v) is 29.3. The minimum atomic E-state index is -0.584. The van der Waals surface area contributed by atoms with Crippen molar-refractivity contribution in [3.8, 4) is 11.1 Å². The maximum absolute atomic E-state index is 13.4. The number of fused-ring (bicyclic) bond motifs is 3. The summed E-state index contributed by atoms with van der Waals surface area (Å²) in [5.74, 6) is 0.562. The van der Waals surface area contributed by atoms with Gasteiger partial charge in [-0.25, -0.2) is 4.79 Å². The Morgan fingerprint density at radius 3 is 2.07 bits per heavy atom. The normalized spacial score (nSPS) is 18.7. The van der Waals surface area contributed by atoms with Crippen LogP contribution in [0.2, 0.25) is 0 Å². The summed E-state index contributed by atoms with van der Waals surface area (Å²) in [5.41, 5.74) is 7.72. The second kappa shape index (κ2) is 11.8. The van der Waals surface area contributed by atoms with E-state index in [9.17, 15) is 4.79 Å². The Bertz CT molecular complexity index is 1540. The molecule has 240 valence electrons. The number of carbonyl (C=O) groups excluding carboxylic acids is 1. The molecule has 2 heterocycles. The monoisotopic (exact) mass is 610 g/mol. The molecule has 0 saturated carbocycles. The molecule has 6 nitrogen and oxygen atoms in total. The number of benzene rings is 3. The topological polar surface area (TPSA) is 51.2 Å². The third kappa shape index (κ3) is 6.52. The van der Waals surface area contributed by atoms with E-state index < -0.39 is 23.9 Å². The molecule has 0 aliphatic carbocycles. The average molecular weight is 611 g/mol. The number of ether oxygens (including phenoxy) is 1. The van der Waals surface area contributed by atoms with Gasteiger partial charge in [0.2, 0.25) is 0 Å². The van der Waals surface area contributed by atoms with E-state index in [1.807, 2.05) is 40.7 Å². The number of anilines is 2. The highest BCUT2D eigenvalue weighted by Crippen LogP contribution is 2.48. The summed E-state index contributed by atoms with van der Waals surface area (Å²) in [4.78, 5) is 17.4. The van der Waals surface area contributed by atoms with Gasteiger partial charge in [-0.15, -0.1) is 0 Å². The fourth-order valence-corrected chi connectivity index (χ4v) is 6.36. The van der Waals surface area contributed by atoms with Crippen LogP contribution in [0.4, 0.5) is 16.2 Å². The summed E-state index contributed by atoms with van der Waals surface area (Å²) in [6, 6.07) is 21.9. The Balaban J connectivity index is 1.58. The van der Waals surface area contributed by atoms with E-state index in [4.69, 9.17) is 14.0 Å². The Labute approximate surface area is 271 Å². The number of amides is 1. The van der Waals surface area contributed by atoms with Crippen LogP contribution in [0.3, 0.4) is 0 Å². The summed E-state index contributed by atoms with van der Waals surface area (Å²) in [6.45, 7) is 22.6. The number of nitrogens with zero attached hydrogens (tertiary/aromatic N) is 2. The molecule has 0 radical (unpaired) electrons. The fraction of sp³-hybridized carbons (Fsp3) is 0.500. The van der Waals surface area contributed by atoms with Crippen LogP contribution >= 0.6 is 0 Å².